The van der Waals surface area contributed by atoms with Crippen molar-refractivity contribution in [3.05, 3.63) is 0 Å². The standard InChI is InChI=1S/C12H23N3O6/c1-7(10(16)17)15(2)6-4-9(12(20)21)14-5-3-8(13)11(18)19/h7-9,14H,3-6,13H2,1-2H3,(H,16,17)(H,18,19)(H,20,21)/t7-,8-,9-/m0/s1. The fourth-order valence-electron chi connectivity index (χ4n) is 1.56. The van der Waals surface area contributed by atoms with Crippen LogP contribution >= 0.6 is 0 Å². The van der Waals surface area contributed by atoms with Gasteiger partial charge in [-0.25, -0.2) is 0 Å². The van der Waals surface area contributed by atoms with Gasteiger partial charge in [-0.15, -0.1) is 0 Å². The summed E-state index contributed by atoms with van der Waals surface area (Å²) in [4.78, 5) is 33.9. The molecular weight excluding hydrogens is 282 g/mol. The van der Waals surface area contributed by atoms with E-state index < -0.39 is 36.0 Å². The molecule has 0 amide bonds. The number of aliphatic carboxylic acids is 3. The Kier molecular flexibility index (Phi) is 8.51. The van der Waals surface area contributed by atoms with Crippen LogP contribution in [0.4, 0.5) is 0 Å². The van der Waals surface area contributed by atoms with Crippen LogP contribution in [-0.2, 0) is 14.4 Å². The molecule has 0 fully saturated rings. The first-order valence-corrected chi connectivity index (χ1v) is 6.54. The molecule has 0 aromatic carbocycles. The zero-order valence-corrected chi connectivity index (χ0v) is 12.2. The monoisotopic (exact) mass is 305 g/mol. The Bertz CT molecular complexity index is 376. The second-order valence-corrected chi connectivity index (χ2v) is 4.86. The molecule has 122 valence electrons. The van der Waals surface area contributed by atoms with Crippen molar-refractivity contribution in [2.24, 2.45) is 5.73 Å². The highest BCUT2D eigenvalue weighted by atomic mass is 16.4. The van der Waals surface area contributed by atoms with E-state index >= 15 is 0 Å². The molecule has 9 heteroatoms. The number of carbonyl (C=O) groups is 3. The molecule has 3 atom stereocenters. The molecule has 21 heavy (non-hydrogen) atoms. The summed E-state index contributed by atoms with van der Waals surface area (Å²) < 4.78 is 0. The van der Waals surface area contributed by atoms with Gasteiger partial charge in [-0.1, -0.05) is 0 Å². The average molecular weight is 305 g/mol. The van der Waals surface area contributed by atoms with Gasteiger partial charge in [0.25, 0.3) is 0 Å². The summed E-state index contributed by atoms with van der Waals surface area (Å²) in [6.45, 7) is 1.95. The lowest BCUT2D eigenvalue weighted by Gasteiger charge is -2.23. The lowest BCUT2D eigenvalue weighted by Crippen LogP contribution is -2.44. The van der Waals surface area contributed by atoms with E-state index in [1.54, 1.807) is 7.05 Å². The molecule has 0 unspecified atom stereocenters. The average Bonchev–Trinajstić information content (AvgIpc) is 2.40. The maximum Gasteiger partial charge on any atom is 0.320 e. The molecule has 0 saturated heterocycles. The lowest BCUT2D eigenvalue weighted by atomic mass is 10.1. The third-order valence-electron chi connectivity index (χ3n) is 3.25. The first kappa shape index (κ1) is 19.3. The van der Waals surface area contributed by atoms with E-state index in [0.717, 1.165) is 0 Å². The number of hydrogen-bond donors (Lipinski definition) is 5. The summed E-state index contributed by atoms with van der Waals surface area (Å²) in [5.74, 6) is -3.20. The van der Waals surface area contributed by atoms with E-state index in [1.807, 2.05) is 0 Å². The van der Waals surface area contributed by atoms with Crippen LogP contribution in [0.15, 0.2) is 0 Å². The minimum Gasteiger partial charge on any atom is -0.480 e. The SMILES string of the molecule is C[C@@H](C(=O)O)N(C)CC[C@H](NCC[C@H](N)C(=O)O)C(=O)O. The Morgan fingerprint density at radius 2 is 1.67 bits per heavy atom. The molecular formula is C12H23N3O6. The Hall–Kier alpha value is -1.71. The molecule has 0 saturated carbocycles. The molecule has 0 bridgehead atoms. The fraction of sp³-hybridized carbons (Fsp3) is 0.750. The smallest absolute Gasteiger partial charge is 0.320 e. The highest BCUT2D eigenvalue weighted by molar-refractivity contribution is 5.74. The summed E-state index contributed by atoms with van der Waals surface area (Å²) in [6.07, 6.45) is 0.312. The quantitative estimate of drug-likeness (QED) is 0.311. The van der Waals surface area contributed by atoms with E-state index in [4.69, 9.17) is 21.1 Å². The van der Waals surface area contributed by atoms with E-state index in [2.05, 4.69) is 5.32 Å². The fourth-order valence-corrected chi connectivity index (χ4v) is 1.56. The Balaban J connectivity index is 4.23. The number of rotatable bonds is 11. The summed E-state index contributed by atoms with van der Waals surface area (Å²) in [6, 6.07) is -2.63. The lowest BCUT2D eigenvalue weighted by molar-refractivity contribution is -0.142. The predicted octanol–water partition coefficient (Wildman–Crippen LogP) is -1.37. The summed E-state index contributed by atoms with van der Waals surface area (Å²) in [7, 11) is 1.60. The Morgan fingerprint density at radius 3 is 2.10 bits per heavy atom. The van der Waals surface area contributed by atoms with Crippen molar-refractivity contribution < 1.29 is 29.7 Å². The van der Waals surface area contributed by atoms with Gasteiger partial charge in [0.2, 0.25) is 0 Å². The van der Waals surface area contributed by atoms with Crippen LogP contribution in [0.2, 0.25) is 0 Å². The summed E-state index contributed by atoms with van der Waals surface area (Å²) in [5, 5.41) is 29.2. The minimum atomic E-state index is -1.14. The maximum absolute atomic E-state index is 11.1. The zero-order chi connectivity index (χ0) is 16.6. The number of hydrogen-bond acceptors (Lipinski definition) is 6. The molecule has 9 nitrogen and oxygen atoms in total. The number of carboxylic acid groups (broad SMARTS) is 3. The molecule has 0 heterocycles. The molecule has 0 spiro atoms. The topological polar surface area (TPSA) is 153 Å². The molecule has 0 aromatic rings. The van der Waals surface area contributed by atoms with Crippen LogP contribution in [0.25, 0.3) is 0 Å². The Morgan fingerprint density at radius 1 is 1.10 bits per heavy atom. The van der Waals surface area contributed by atoms with Gasteiger partial charge in [0.1, 0.15) is 18.1 Å². The van der Waals surface area contributed by atoms with Gasteiger partial charge < -0.3 is 26.4 Å². The second kappa shape index (κ2) is 9.27. The normalized spacial score (nSPS) is 15.4. The molecule has 0 rings (SSSR count). The van der Waals surface area contributed by atoms with E-state index in [-0.39, 0.29) is 25.9 Å². The first-order valence-electron chi connectivity index (χ1n) is 6.54. The molecule has 0 aliphatic heterocycles. The van der Waals surface area contributed by atoms with Gasteiger partial charge in [-0.05, 0) is 33.4 Å². The van der Waals surface area contributed by atoms with Crippen molar-refractivity contribution in [1.29, 1.82) is 0 Å². The summed E-state index contributed by atoms with van der Waals surface area (Å²) in [5.41, 5.74) is 5.31. The Labute approximate surface area is 122 Å². The highest BCUT2D eigenvalue weighted by Crippen LogP contribution is 2.01. The van der Waals surface area contributed by atoms with Crippen molar-refractivity contribution in [2.45, 2.75) is 37.9 Å². The van der Waals surface area contributed by atoms with Gasteiger partial charge in [0, 0.05) is 6.54 Å². The highest BCUT2D eigenvalue weighted by Gasteiger charge is 2.22. The van der Waals surface area contributed by atoms with E-state index in [0.29, 0.717) is 0 Å². The largest absolute Gasteiger partial charge is 0.480 e. The molecule has 0 aliphatic rings. The van der Waals surface area contributed by atoms with Crippen molar-refractivity contribution in [3.8, 4) is 0 Å². The van der Waals surface area contributed by atoms with Crippen molar-refractivity contribution in [3.63, 3.8) is 0 Å². The molecule has 6 N–H and O–H groups in total. The van der Waals surface area contributed by atoms with Crippen LogP contribution < -0.4 is 11.1 Å². The predicted molar refractivity (Wildman–Crippen MR) is 74.0 cm³/mol. The van der Waals surface area contributed by atoms with E-state index in [9.17, 15) is 14.4 Å². The minimum absolute atomic E-state index is 0.112. The van der Waals surface area contributed by atoms with Crippen LogP contribution in [0.3, 0.4) is 0 Å². The van der Waals surface area contributed by atoms with Gasteiger partial charge in [0.05, 0.1) is 0 Å². The molecule has 0 aromatic heterocycles. The van der Waals surface area contributed by atoms with Crippen molar-refractivity contribution >= 4 is 17.9 Å². The van der Waals surface area contributed by atoms with Gasteiger partial charge in [-0.3, -0.25) is 19.3 Å². The second-order valence-electron chi connectivity index (χ2n) is 4.86. The maximum atomic E-state index is 11.1. The van der Waals surface area contributed by atoms with Crippen LogP contribution in [-0.4, -0.2) is 76.4 Å². The number of nitrogens with one attached hydrogen (secondary N) is 1. The van der Waals surface area contributed by atoms with Crippen LogP contribution in [0.5, 0.6) is 0 Å². The summed E-state index contributed by atoms with van der Waals surface area (Å²) >= 11 is 0. The van der Waals surface area contributed by atoms with Gasteiger partial charge in [0.15, 0.2) is 0 Å². The van der Waals surface area contributed by atoms with Crippen molar-refractivity contribution in [1.82, 2.24) is 10.2 Å². The number of nitrogens with two attached hydrogens (primary N) is 1. The first-order chi connectivity index (χ1) is 9.66. The third kappa shape index (κ3) is 7.59. The van der Waals surface area contributed by atoms with Crippen molar-refractivity contribution in [2.75, 3.05) is 20.1 Å². The van der Waals surface area contributed by atoms with Gasteiger partial charge in [-0.2, -0.15) is 0 Å². The van der Waals surface area contributed by atoms with Gasteiger partial charge >= 0.3 is 17.9 Å². The van der Waals surface area contributed by atoms with Crippen LogP contribution in [0, 0.1) is 0 Å². The third-order valence-corrected chi connectivity index (χ3v) is 3.25. The molecule has 0 aliphatic carbocycles. The zero-order valence-electron chi connectivity index (χ0n) is 12.2. The van der Waals surface area contributed by atoms with E-state index in [1.165, 1.54) is 11.8 Å². The van der Waals surface area contributed by atoms with Crippen LogP contribution in [0.1, 0.15) is 19.8 Å². The number of nitrogens with zero attached hydrogens (tertiary/aromatic N) is 1. The molecule has 0 radical (unpaired) electrons. The number of likely N-dealkylation sites (N-methyl/N-ethyl adjacent to an activating group) is 1. The number of carboxylic acids is 3.